The van der Waals surface area contributed by atoms with Crippen LogP contribution in [0.1, 0.15) is 40.5 Å². The quantitative estimate of drug-likeness (QED) is 0.513. The normalized spacial score (nSPS) is 18.6. The van der Waals surface area contributed by atoms with Crippen LogP contribution >= 0.6 is 0 Å². The Morgan fingerprint density at radius 2 is 1.95 bits per heavy atom. The zero-order valence-corrected chi connectivity index (χ0v) is 14.1. The summed E-state index contributed by atoms with van der Waals surface area (Å²) in [6.45, 7) is 9.47. The summed E-state index contributed by atoms with van der Waals surface area (Å²) in [5, 5.41) is 2.81. The van der Waals surface area contributed by atoms with E-state index in [0.717, 1.165) is 0 Å². The molecule has 0 saturated carbocycles. The van der Waals surface area contributed by atoms with E-state index in [2.05, 4.69) is 5.32 Å². The van der Waals surface area contributed by atoms with Crippen LogP contribution in [0.15, 0.2) is 0 Å². The second-order valence-electron chi connectivity index (χ2n) is 6.50. The van der Waals surface area contributed by atoms with Crippen LogP contribution in [0.2, 0.25) is 0 Å². The van der Waals surface area contributed by atoms with E-state index in [0.29, 0.717) is 31.9 Å². The standard InChI is InChI=1S/C16H28N2O4/c1-11(2)10-17-14(19)5-7-22-8-6-18-15(20)9-13(12(3)4)16(18)21/h11-13H,5-10H2,1-4H3,(H,17,19). The van der Waals surface area contributed by atoms with E-state index in [1.54, 1.807) is 0 Å². The third kappa shape index (κ3) is 5.75. The molecule has 6 nitrogen and oxygen atoms in total. The third-order valence-corrected chi connectivity index (χ3v) is 3.72. The number of hydrogen-bond donors (Lipinski definition) is 1. The fourth-order valence-electron chi connectivity index (χ4n) is 2.29. The van der Waals surface area contributed by atoms with E-state index >= 15 is 0 Å². The van der Waals surface area contributed by atoms with Crippen LogP contribution < -0.4 is 5.32 Å². The van der Waals surface area contributed by atoms with Gasteiger partial charge >= 0.3 is 0 Å². The number of likely N-dealkylation sites (tertiary alicyclic amines) is 1. The van der Waals surface area contributed by atoms with Crippen molar-refractivity contribution >= 4 is 17.7 Å². The summed E-state index contributed by atoms with van der Waals surface area (Å²) in [5.74, 6) is 0.134. The number of carbonyl (C=O) groups excluding carboxylic acids is 3. The molecule has 22 heavy (non-hydrogen) atoms. The number of nitrogens with one attached hydrogen (secondary N) is 1. The van der Waals surface area contributed by atoms with Gasteiger partial charge in [-0.1, -0.05) is 27.7 Å². The molecular weight excluding hydrogens is 284 g/mol. The van der Waals surface area contributed by atoms with Crippen molar-refractivity contribution < 1.29 is 19.1 Å². The van der Waals surface area contributed by atoms with Crippen LogP contribution in [-0.2, 0) is 19.1 Å². The lowest BCUT2D eigenvalue weighted by molar-refractivity contribution is -0.140. The molecule has 1 N–H and O–H groups in total. The molecule has 1 saturated heterocycles. The molecule has 3 amide bonds. The molecule has 6 heteroatoms. The first kappa shape index (κ1) is 18.6. The predicted octanol–water partition coefficient (Wildman–Crippen LogP) is 1.20. The van der Waals surface area contributed by atoms with Crippen LogP contribution in [0.4, 0.5) is 0 Å². The Balaban J connectivity index is 2.18. The van der Waals surface area contributed by atoms with Crippen molar-refractivity contribution in [3.05, 3.63) is 0 Å². The zero-order valence-electron chi connectivity index (χ0n) is 14.1. The maximum absolute atomic E-state index is 12.1. The Hall–Kier alpha value is -1.43. The van der Waals surface area contributed by atoms with Gasteiger partial charge in [0.05, 0.1) is 19.8 Å². The first-order valence-corrected chi connectivity index (χ1v) is 8.01. The van der Waals surface area contributed by atoms with Crippen molar-refractivity contribution in [2.45, 2.75) is 40.5 Å². The lowest BCUT2D eigenvalue weighted by Gasteiger charge is -2.16. The topological polar surface area (TPSA) is 75.7 Å². The minimum Gasteiger partial charge on any atom is -0.379 e. The summed E-state index contributed by atoms with van der Waals surface area (Å²) >= 11 is 0. The second-order valence-corrected chi connectivity index (χ2v) is 6.50. The van der Waals surface area contributed by atoms with Gasteiger partial charge in [0.1, 0.15) is 0 Å². The van der Waals surface area contributed by atoms with Gasteiger partial charge in [-0.25, -0.2) is 0 Å². The Morgan fingerprint density at radius 3 is 2.50 bits per heavy atom. The van der Waals surface area contributed by atoms with Crippen LogP contribution in [0.3, 0.4) is 0 Å². The number of nitrogens with zero attached hydrogens (tertiary/aromatic N) is 1. The van der Waals surface area contributed by atoms with Crippen molar-refractivity contribution in [2.24, 2.45) is 17.8 Å². The molecule has 1 atom stereocenters. The van der Waals surface area contributed by atoms with Crippen molar-refractivity contribution in [1.29, 1.82) is 0 Å². The third-order valence-electron chi connectivity index (χ3n) is 3.72. The average molecular weight is 312 g/mol. The largest absolute Gasteiger partial charge is 0.379 e. The summed E-state index contributed by atoms with van der Waals surface area (Å²) in [6.07, 6.45) is 0.595. The minimum absolute atomic E-state index is 0.0399. The van der Waals surface area contributed by atoms with Gasteiger partial charge in [0, 0.05) is 25.3 Å². The number of imide groups is 1. The maximum atomic E-state index is 12.1. The summed E-state index contributed by atoms with van der Waals surface area (Å²) < 4.78 is 5.36. The van der Waals surface area contributed by atoms with Crippen molar-refractivity contribution in [1.82, 2.24) is 10.2 Å². The van der Waals surface area contributed by atoms with Crippen LogP contribution in [0.5, 0.6) is 0 Å². The van der Waals surface area contributed by atoms with Gasteiger partial charge < -0.3 is 10.1 Å². The minimum atomic E-state index is -0.200. The Labute approximate surface area is 132 Å². The highest BCUT2D eigenvalue weighted by Crippen LogP contribution is 2.25. The molecule has 0 spiro atoms. The molecular formula is C16H28N2O4. The van der Waals surface area contributed by atoms with Gasteiger partial charge in [-0.05, 0) is 11.8 Å². The van der Waals surface area contributed by atoms with Gasteiger partial charge in [-0.3, -0.25) is 19.3 Å². The Bertz CT molecular complexity index is 407. The maximum Gasteiger partial charge on any atom is 0.233 e. The summed E-state index contributed by atoms with van der Waals surface area (Å²) in [7, 11) is 0. The lowest BCUT2D eigenvalue weighted by atomic mass is 9.94. The molecule has 0 bridgehead atoms. The summed E-state index contributed by atoms with van der Waals surface area (Å²) in [6, 6.07) is 0. The van der Waals surface area contributed by atoms with Crippen LogP contribution in [0, 0.1) is 17.8 Å². The first-order chi connectivity index (χ1) is 10.3. The highest BCUT2D eigenvalue weighted by atomic mass is 16.5. The smallest absolute Gasteiger partial charge is 0.233 e. The fourth-order valence-corrected chi connectivity index (χ4v) is 2.29. The van der Waals surface area contributed by atoms with Gasteiger partial charge in [-0.2, -0.15) is 0 Å². The SMILES string of the molecule is CC(C)CNC(=O)CCOCCN1C(=O)CC(C(C)C)C1=O. The van der Waals surface area contributed by atoms with E-state index in [1.165, 1.54) is 4.90 Å². The molecule has 0 aromatic rings. The molecule has 1 heterocycles. The van der Waals surface area contributed by atoms with Gasteiger partial charge in [0.2, 0.25) is 17.7 Å². The number of amides is 3. The number of rotatable bonds is 9. The van der Waals surface area contributed by atoms with Crippen molar-refractivity contribution in [3.63, 3.8) is 0 Å². The zero-order chi connectivity index (χ0) is 16.7. The summed E-state index contributed by atoms with van der Waals surface area (Å²) in [4.78, 5) is 36.6. The van der Waals surface area contributed by atoms with Crippen molar-refractivity contribution in [2.75, 3.05) is 26.3 Å². The predicted molar refractivity (Wildman–Crippen MR) is 82.9 cm³/mol. The van der Waals surface area contributed by atoms with Crippen molar-refractivity contribution in [3.8, 4) is 0 Å². The fraction of sp³-hybridized carbons (Fsp3) is 0.812. The number of carbonyl (C=O) groups is 3. The molecule has 1 rings (SSSR count). The molecule has 1 aliphatic heterocycles. The van der Waals surface area contributed by atoms with E-state index < -0.39 is 0 Å². The van der Waals surface area contributed by atoms with E-state index in [1.807, 2.05) is 27.7 Å². The molecule has 126 valence electrons. The van der Waals surface area contributed by atoms with E-state index in [4.69, 9.17) is 4.74 Å². The molecule has 0 aliphatic carbocycles. The van der Waals surface area contributed by atoms with Crippen LogP contribution in [-0.4, -0.2) is 48.9 Å². The monoisotopic (exact) mass is 312 g/mol. The molecule has 0 aromatic heterocycles. The van der Waals surface area contributed by atoms with Gasteiger partial charge in [0.15, 0.2) is 0 Å². The Morgan fingerprint density at radius 1 is 1.27 bits per heavy atom. The van der Waals surface area contributed by atoms with Crippen LogP contribution in [0.25, 0.3) is 0 Å². The molecule has 0 aromatic carbocycles. The number of ether oxygens (including phenoxy) is 1. The van der Waals surface area contributed by atoms with Gasteiger partial charge in [-0.15, -0.1) is 0 Å². The number of hydrogen-bond acceptors (Lipinski definition) is 4. The molecule has 0 radical (unpaired) electrons. The molecule has 1 fully saturated rings. The van der Waals surface area contributed by atoms with Gasteiger partial charge in [0.25, 0.3) is 0 Å². The molecule has 1 aliphatic rings. The second kappa shape index (κ2) is 8.88. The highest BCUT2D eigenvalue weighted by Gasteiger charge is 2.39. The van der Waals surface area contributed by atoms with E-state index in [-0.39, 0.29) is 42.7 Å². The lowest BCUT2D eigenvalue weighted by Crippen LogP contribution is -2.34. The highest BCUT2D eigenvalue weighted by molar-refractivity contribution is 6.03. The average Bonchev–Trinajstić information content (AvgIpc) is 2.72. The molecule has 1 unspecified atom stereocenters. The van der Waals surface area contributed by atoms with E-state index in [9.17, 15) is 14.4 Å². The first-order valence-electron chi connectivity index (χ1n) is 8.01. The summed E-state index contributed by atoms with van der Waals surface area (Å²) in [5.41, 5.74) is 0. The Kier molecular flexibility index (Phi) is 7.51.